The predicted molar refractivity (Wildman–Crippen MR) is 72.2 cm³/mol. The lowest BCUT2D eigenvalue weighted by Crippen LogP contribution is -2.45. The Labute approximate surface area is 118 Å². The minimum absolute atomic E-state index is 0.0249. The Hall–Kier alpha value is -1.33. The van der Waals surface area contributed by atoms with Gasteiger partial charge in [0.05, 0.1) is 12.0 Å². The molecule has 20 heavy (non-hydrogen) atoms. The Morgan fingerprint density at radius 1 is 1.30 bits per heavy atom. The van der Waals surface area contributed by atoms with Gasteiger partial charge >= 0.3 is 12.1 Å². The third-order valence-electron chi connectivity index (χ3n) is 3.56. The van der Waals surface area contributed by atoms with Crippen LogP contribution in [0.25, 0.3) is 0 Å². The molecule has 1 aliphatic carbocycles. The molecule has 0 heterocycles. The molecule has 1 fully saturated rings. The molecule has 6 heteroatoms. The number of rotatable bonds is 4. The maximum atomic E-state index is 13.1. The second kappa shape index (κ2) is 6.90. The van der Waals surface area contributed by atoms with E-state index in [-0.39, 0.29) is 11.8 Å². The van der Waals surface area contributed by atoms with Crippen molar-refractivity contribution in [1.29, 1.82) is 0 Å². The van der Waals surface area contributed by atoms with E-state index in [4.69, 9.17) is 9.84 Å². The molecule has 5 nitrogen and oxygen atoms in total. The number of hydrogen-bond acceptors (Lipinski definition) is 3. The van der Waals surface area contributed by atoms with Crippen molar-refractivity contribution in [3.8, 4) is 0 Å². The highest BCUT2D eigenvalue weighted by Crippen LogP contribution is 2.31. The summed E-state index contributed by atoms with van der Waals surface area (Å²) in [6.45, 7) is 4.57. The van der Waals surface area contributed by atoms with Gasteiger partial charge in [0.1, 0.15) is 12.3 Å². The van der Waals surface area contributed by atoms with Crippen molar-refractivity contribution in [2.45, 2.75) is 58.1 Å². The van der Waals surface area contributed by atoms with Gasteiger partial charge in [0.2, 0.25) is 0 Å². The average molecular weight is 289 g/mol. The van der Waals surface area contributed by atoms with Crippen molar-refractivity contribution < 1.29 is 23.8 Å². The van der Waals surface area contributed by atoms with Crippen molar-refractivity contribution in [2.75, 3.05) is 6.67 Å². The monoisotopic (exact) mass is 289 g/mol. The van der Waals surface area contributed by atoms with Crippen LogP contribution in [-0.2, 0) is 9.53 Å². The molecule has 1 saturated carbocycles. The number of alkyl carbamates (subject to hydrolysis) is 1. The fourth-order valence-electron chi connectivity index (χ4n) is 2.51. The van der Waals surface area contributed by atoms with Gasteiger partial charge in [0.25, 0.3) is 0 Å². The van der Waals surface area contributed by atoms with E-state index in [1.165, 1.54) is 0 Å². The van der Waals surface area contributed by atoms with Gasteiger partial charge in [0.15, 0.2) is 0 Å². The molecule has 0 saturated heterocycles. The van der Waals surface area contributed by atoms with Crippen molar-refractivity contribution >= 4 is 12.1 Å². The lowest BCUT2D eigenvalue weighted by atomic mass is 9.79. The molecular formula is C14H24FNO4. The number of carboxylic acids is 1. The van der Waals surface area contributed by atoms with Crippen LogP contribution in [0.4, 0.5) is 9.18 Å². The highest BCUT2D eigenvalue weighted by Gasteiger charge is 2.32. The second-order valence-corrected chi connectivity index (χ2v) is 6.36. The zero-order chi connectivity index (χ0) is 15.3. The minimum atomic E-state index is -0.791. The number of aliphatic carboxylic acids is 1. The summed E-state index contributed by atoms with van der Waals surface area (Å²) in [5, 5.41) is 11.5. The van der Waals surface area contributed by atoms with E-state index in [2.05, 4.69) is 5.32 Å². The lowest BCUT2D eigenvalue weighted by molar-refractivity contribution is -0.143. The standard InChI is InChI=1S/C14H24FNO4/c1-14(2,3)20-13(19)16-11(8-15)9-4-6-10(7-5-9)12(17)18/h9-11H,4-8H2,1-3H3,(H,16,19)(H,17,18)/t9-,10-,11-/m1/s1. The molecule has 0 unspecified atom stereocenters. The number of carboxylic acid groups (broad SMARTS) is 1. The maximum Gasteiger partial charge on any atom is 0.407 e. The summed E-state index contributed by atoms with van der Waals surface area (Å²) in [7, 11) is 0. The number of alkyl halides is 1. The van der Waals surface area contributed by atoms with Crippen LogP contribution >= 0.6 is 0 Å². The van der Waals surface area contributed by atoms with E-state index in [1.54, 1.807) is 20.8 Å². The highest BCUT2D eigenvalue weighted by atomic mass is 19.1. The molecule has 0 bridgehead atoms. The zero-order valence-electron chi connectivity index (χ0n) is 12.3. The summed E-state index contributed by atoms with van der Waals surface area (Å²) >= 11 is 0. The molecule has 0 aromatic rings. The molecule has 1 rings (SSSR count). The molecule has 0 aliphatic heterocycles. The van der Waals surface area contributed by atoms with Crippen molar-refractivity contribution in [1.82, 2.24) is 5.32 Å². The average Bonchev–Trinajstić information content (AvgIpc) is 2.34. The first-order chi connectivity index (χ1) is 9.23. The minimum Gasteiger partial charge on any atom is -0.481 e. The molecule has 2 N–H and O–H groups in total. The first kappa shape index (κ1) is 16.7. The van der Waals surface area contributed by atoms with Gasteiger partial charge < -0.3 is 15.2 Å². The van der Waals surface area contributed by atoms with Crippen LogP contribution in [-0.4, -0.2) is 35.5 Å². The van der Waals surface area contributed by atoms with Crippen LogP contribution in [0.3, 0.4) is 0 Å². The van der Waals surface area contributed by atoms with Crippen LogP contribution in [0.2, 0.25) is 0 Å². The molecule has 0 radical (unpaired) electrons. The third-order valence-corrected chi connectivity index (χ3v) is 3.56. The number of halogens is 1. The topological polar surface area (TPSA) is 75.6 Å². The van der Waals surface area contributed by atoms with E-state index >= 15 is 0 Å². The molecule has 0 aromatic heterocycles. The van der Waals surface area contributed by atoms with Crippen LogP contribution in [0.5, 0.6) is 0 Å². The highest BCUT2D eigenvalue weighted by molar-refractivity contribution is 5.70. The number of carbonyl (C=O) groups is 2. The Kier molecular flexibility index (Phi) is 5.77. The Morgan fingerprint density at radius 2 is 1.85 bits per heavy atom. The summed E-state index contributed by atoms with van der Waals surface area (Å²) in [6.07, 6.45) is 1.67. The van der Waals surface area contributed by atoms with E-state index in [1.807, 2.05) is 0 Å². The van der Waals surface area contributed by atoms with E-state index < -0.39 is 30.4 Å². The maximum absolute atomic E-state index is 13.1. The second-order valence-electron chi connectivity index (χ2n) is 6.36. The summed E-state index contributed by atoms with van der Waals surface area (Å²) in [5.41, 5.74) is -0.619. The number of amides is 1. The molecule has 1 atom stereocenters. The summed E-state index contributed by atoms with van der Waals surface area (Å²) < 4.78 is 18.2. The molecular weight excluding hydrogens is 265 g/mol. The fraction of sp³-hybridized carbons (Fsp3) is 0.857. The normalized spacial score (nSPS) is 24.8. The van der Waals surface area contributed by atoms with Gasteiger partial charge in [-0.15, -0.1) is 0 Å². The van der Waals surface area contributed by atoms with E-state index in [0.717, 1.165) is 0 Å². The van der Waals surface area contributed by atoms with Crippen LogP contribution < -0.4 is 5.32 Å². The number of hydrogen-bond donors (Lipinski definition) is 2. The van der Waals surface area contributed by atoms with Gasteiger partial charge in [-0.2, -0.15) is 0 Å². The van der Waals surface area contributed by atoms with Crippen LogP contribution in [0.1, 0.15) is 46.5 Å². The lowest BCUT2D eigenvalue weighted by Gasteiger charge is -2.32. The predicted octanol–water partition coefficient (Wildman–Crippen LogP) is 2.74. The summed E-state index contributed by atoms with van der Waals surface area (Å²) in [4.78, 5) is 22.5. The van der Waals surface area contributed by atoms with Crippen LogP contribution in [0.15, 0.2) is 0 Å². The molecule has 0 aromatic carbocycles. The first-order valence-electron chi connectivity index (χ1n) is 7.01. The first-order valence-corrected chi connectivity index (χ1v) is 7.01. The number of carbonyl (C=O) groups excluding carboxylic acids is 1. The number of ether oxygens (including phenoxy) is 1. The van der Waals surface area contributed by atoms with E-state index in [9.17, 15) is 14.0 Å². The van der Waals surface area contributed by atoms with Gasteiger partial charge in [-0.25, -0.2) is 9.18 Å². The molecule has 116 valence electrons. The fourth-order valence-corrected chi connectivity index (χ4v) is 2.51. The van der Waals surface area contributed by atoms with Gasteiger partial charge in [-0.3, -0.25) is 4.79 Å². The van der Waals surface area contributed by atoms with Crippen molar-refractivity contribution in [3.05, 3.63) is 0 Å². The Morgan fingerprint density at radius 3 is 2.25 bits per heavy atom. The quantitative estimate of drug-likeness (QED) is 0.834. The summed E-state index contributed by atoms with van der Waals surface area (Å²) in [6, 6.07) is -0.598. The van der Waals surface area contributed by atoms with E-state index in [0.29, 0.717) is 25.7 Å². The Balaban J connectivity index is 2.47. The molecule has 1 amide bonds. The smallest absolute Gasteiger partial charge is 0.407 e. The summed E-state index contributed by atoms with van der Waals surface area (Å²) in [5.74, 6) is -1.16. The molecule has 1 aliphatic rings. The SMILES string of the molecule is CC(C)(C)OC(=O)N[C@H](CF)[C@H]1CC[C@H](C(=O)O)CC1. The third kappa shape index (κ3) is 5.35. The van der Waals surface area contributed by atoms with Crippen molar-refractivity contribution in [3.63, 3.8) is 0 Å². The van der Waals surface area contributed by atoms with Gasteiger partial charge in [-0.05, 0) is 52.4 Å². The van der Waals surface area contributed by atoms with Crippen molar-refractivity contribution in [2.24, 2.45) is 11.8 Å². The molecule has 0 spiro atoms. The zero-order valence-corrected chi connectivity index (χ0v) is 12.3. The Bertz CT molecular complexity index is 346. The van der Waals surface area contributed by atoms with Gasteiger partial charge in [0, 0.05) is 0 Å². The largest absolute Gasteiger partial charge is 0.481 e. The van der Waals surface area contributed by atoms with Gasteiger partial charge in [-0.1, -0.05) is 0 Å². The number of nitrogens with one attached hydrogen (secondary N) is 1. The van der Waals surface area contributed by atoms with Crippen LogP contribution in [0, 0.1) is 11.8 Å².